The van der Waals surface area contributed by atoms with Gasteiger partial charge in [0, 0.05) is 25.1 Å². The lowest BCUT2D eigenvalue weighted by Crippen LogP contribution is -2.37. The molecule has 32 heavy (non-hydrogen) atoms. The van der Waals surface area contributed by atoms with Gasteiger partial charge in [0.1, 0.15) is 11.5 Å². The number of aromatic nitrogens is 1. The number of nitrogens with zero attached hydrogens (tertiary/aromatic N) is 3. The van der Waals surface area contributed by atoms with E-state index in [9.17, 15) is 4.79 Å². The number of carbonyl (C=O) groups is 1. The van der Waals surface area contributed by atoms with Gasteiger partial charge < -0.3 is 23.5 Å². The topological polar surface area (TPSA) is 72.0 Å². The lowest BCUT2D eigenvalue weighted by Gasteiger charge is -2.28. The van der Waals surface area contributed by atoms with Gasteiger partial charge in [-0.3, -0.25) is 4.79 Å². The van der Waals surface area contributed by atoms with Crippen LogP contribution in [0, 0.1) is 12.8 Å². The monoisotopic (exact) mass is 437 g/mol. The highest BCUT2D eigenvalue weighted by atomic mass is 16.5. The molecule has 1 amide bonds. The van der Waals surface area contributed by atoms with Crippen molar-refractivity contribution in [2.75, 3.05) is 31.2 Å². The summed E-state index contributed by atoms with van der Waals surface area (Å²) >= 11 is 0. The molecule has 7 nitrogen and oxygen atoms in total. The van der Waals surface area contributed by atoms with Crippen LogP contribution in [0.5, 0.6) is 0 Å². The van der Waals surface area contributed by atoms with Crippen molar-refractivity contribution in [3.8, 4) is 11.3 Å². The summed E-state index contributed by atoms with van der Waals surface area (Å²) in [6.45, 7) is 9.71. The van der Waals surface area contributed by atoms with Gasteiger partial charge in [-0.15, -0.1) is 0 Å². The summed E-state index contributed by atoms with van der Waals surface area (Å²) in [5.74, 6) is 1.81. The number of amides is 1. The SMILES string of the molecule is Cc1cccc(-c2noc(N3CCOCC3)c2CN(Cc2ccco2)C(=O)CC(C)C)c1. The van der Waals surface area contributed by atoms with Gasteiger partial charge in [0.05, 0.1) is 38.1 Å². The molecule has 0 bridgehead atoms. The van der Waals surface area contributed by atoms with Crippen molar-refractivity contribution in [3.05, 3.63) is 59.5 Å². The van der Waals surface area contributed by atoms with Crippen LogP contribution in [-0.2, 0) is 22.6 Å². The molecule has 0 atom stereocenters. The highest BCUT2D eigenvalue weighted by molar-refractivity contribution is 5.77. The van der Waals surface area contributed by atoms with Crippen molar-refractivity contribution < 1.29 is 18.5 Å². The molecule has 0 saturated carbocycles. The van der Waals surface area contributed by atoms with Gasteiger partial charge in [-0.2, -0.15) is 0 Å². The summed E-state index contributed by atoms with van der Waals surface area (Å²) in [6.07, 6.45) is 2.11. The van der Waals surface area contributed by atoms with Crippen LogP contribution in [0.4, 0.5) is 5.88 Å². The summed E-state index contributed by atoms with van der Waals surface area (Å²) in [5.41, 5.74) is 3.82. The maximum absolute atomic E-state index is 13.2. The molecule has 1 saturated heterocycles. The molecule has 4 rings (SSSR count). The predicted molar refractivity (Wildman–Crippen MR) is 122 cm³/mol. The fraction of sp³-hybridized carbons (Fsp3) is 0.440. The first-order valence-electron chi connectivity index (χ1n) is 11.2. The quantitative estimate of drug-likeness (QED) is 0.511. The summed E-state index contributed by atoms with van der Waals surface area (Å²) < 4.78 is 17.0. The molecule has 1 aliphatic heterocycles. The Morgan fingerprint density at radius 2 is 1.97 bits per heavy atom. The van der Waals surface area contributed by atoms with E-state index in [1.165, 1.54) is 0 Å². The Morgan fingerprint density at radius 3 is 2.66 bits per heavy atom. The van der Waals surface area contributed by atoms with E-state index in [2.05, 4.69) is 43.0 Å². The van der Waals surface area contributed by atoms with Crippen molar-refractivity contribution in [1.82, 2.24) is 10.1 Å². The van der Waals surface area contributed by atoms with Crippen LogP contribution in [0.2, 0.25) is 0 Å². The molecule has 3 aromatic rings. The third-order valence-electron chi connectivity index (χ3n) is 5.57. The average Bonchev–Trinajstić information content (AvgIpc) is 3.43. The number of hydrogen-bond acceptors (Lipinski definition) is 6. The Kier molecular flexibility index (Phi) is 6.95. The minimum atomic E-state index is 0.0840. The van der Waals surface area contributed by atoms with E-state index in [0.717, 1.165) is 41.2 Å². The van der Waals surface area contributed by atoms with Crippen LogP contribution < -0.4 is 4.90 Å². The van der Waals surface area contributed by atoms with Crippen LogP contribution in [0.15, 0.2) is 51.6 Å². The Balaban J connectivity index is 1.72. The second-order valence-corrected chi connectivity index (χ2v) is 8.71. The standard InChI is InChI=1S/C25H31N3O4/c1-18(2)14-23(29)28(16-21-8-5-11-31-21)17-22-24(20-7-4-6-19(3)15-20)26-32-25(22)27-9-12-30-13-10-27/h4-8,11,15,18H,9-10,12-14,16-17H2,1-3H3. The van der Waals surface area contributed by atoms with Gasteiger partial charge in [0.15, 0.2) is 0 Å². The normalized spacial score (nSPS) is 14.2. The Morgan fingerprint density at radius 1 is 1.16 bits per heavy atom. The molecule has 2 aromatic heterocycles. The predicted octanol–water partition coefficient (Wildman–Crippen LogP) is 4.65. The summed E-state index contributed by atoms with van der Waals surface area (Å²) in [7, 11) is 0. The first-order valence-corrected chi connectivity index (χ1v) is 11.2. The van der Waals surface area contributed by atoms with E-state index in [1.807, 2.05) is 29.2 Å². The molecule has 1 aliphatic rings. The minimum absolute atomic E-state index is 0.0840. The molecule has 0 spiro atoms. The number of ether oxygens (including phenoxy) is 1. The van der Waals surface area contributed by atoms with E-state index in [-0.39, 0.29) is 11.8 Å². The summed E-state index contributed by atoms with van der Waals surface area (Å²) in [6, 6.07) is 11.9. The molecule has 0 unspecified atom stereocenters. The average molecular weight is 438 g/mol. The number of aryl methyl sites for hydroxylation is 1. The van der Waals surface area contributed by atoms with Crippen LogP contribution in [0.25, 0.3) is 11.3 Å². The number of furan rings is 1. The zero-order valence-corrected chi connectivity index (χ0v) is 19.0. The minimum Gasteiger partial charge on any atom is -0.467 e. The number of rotatable bonds is 8. The molecule has 1 aromatic carbocycles. The largest absolute Gasteiger partial charge is 0.467 e. The smallest absolute Gasteiger partial charge is 0.233 e. The molecule has 1 fully saturated rings. The van der Waals surface area contributed by atoms with Gasteiger partial charge in [-0.25, -0.2) is 0 Å². The van der Waals surface area contributed by atoms with Crippen LogP contribution in [0.1, 0.15) is 37.2 Å². The lowest BCUT2D eigenvalue weighted by atomic mass is 10.0. The van der Waals surface area contributed by atoms with E-state index in [0.29, 0.717) is 38.6 Å². The van der Waals surface area contributed by atoms with E-state index < -0.39 is 0 Å². The van der Waals surface area contributed by atoms with Crippen LogP contribution >= 0.6 is 0 Å². The fourth-order valence-corrected chi connectivity index (χ4v) is 3.97. The molecule has 3 heterocycles. The van der Waals surface area contributed by atoms with Crippen molar-refractivity contribution in [3.63, 3.8) is 0 Å². The van der Waals surface area contributed by atoms with Gasteiger partial charge in [0.2, 0.25) is 11.8 Å². The van der Waals surface area contributed by atoms with Crippen molar-refractivity contribution >= 4 is 11.8 Å². The maximum Gasteiger partial charge on any atom is 0.233 e. The number of anilines is 1. The Hall–Kier alpha value is -3.06. The molecular formula is C25H31N3O4. The highest BCUT2D eigenvalue weighted by Gasteiger charge is 2.28. The second-order valence-electron chi connectivity index (χ2n) is 8.71. The molecule has 0 radical (unpaired) electrons. The van der Waals surface area contributed by atoms with E-state index in [4.69, 9.17) is 13.7 Å². The second kappa shape index (κ2) is 10.0. The zero-order chi connectivity index (χ0) is 22.5. The van der Waals surface area contributed by atoms with Gasteiger partial charge in [-0.05, 0) is 31.0 Å². The fourth-order valence-electron chi connectivity index (χ4n) is 3.97. The van der Waals surface area contributed by atoms with E-state index in [1.54, 1.807) is 6.26 Å². The molecule has 0 N–H and O–H groups in total. The zero-order valence-electron chi connectivity index (χ0n) is 19.0. The first-order chi connectivity index (χ1) is 15.5. The first kappa shape index (κ1) is 22.1. The van der Waals surface area contributed by atoms with Crippen molar-refractivity contribution in [2.45, 2.75) is 40.3 Å². The number of carbonyl (C=O) groups excluding carboxylic acids is 1. The van der Waals surface area contributed by atoms with Crippen LogP contribution in [-0.4, -0.2) is 42.3 Å². The lowest BCUT2D eigenvalue weighted by molar-refractivity contribution is -0.133. The van der Waals surface area contributed by atoms with Gasteiger partial charge in [0.25, 0.3) is 0 Å². The van der Waals surface area contributed by atoms with Gasteiger partial charge in [-0.1, -0.05) is 42.8 Å². The number of hydrogen-bond donors (Lipinski definition) is 0. The van der Waals surface area contributed by atoms with E-state index >= 15 is 0 Å². The molecule has 170 valence electrons. The van der Waals surface area contributed by atoms with Gasteiger partial charge >= 0.3 is 0 Å². The molecule has 0 aliphatic carbocycles. The Labute approximate surface area is 188 Å². The van der Waals surface area contributed by atoms with Crippen molar-refractivity contribution in [2.24, 2.45) is 5.92 Å². The maximum atomic E-state index is 13.2. The highest BCUT2D eigenvalue weighted by Crippen LogP contribution is 2.34. The molecular weight excluding hydrogens is 406 g/mol. The third kappa shape index (κ3) is 5.22. The molecule has 7 heteroatoms. The Bertz CT molecular complexity index is 1020. The summed E-state index contributed by atoms with van der Waals surface area (Å²) in [5, 5.41) is 4.45. The summed E-state index contributed by atoms with van der Waals surface area (Å²) in [4.78, 5) is 17.2. The van der Waals surface area contributed by atoms with Crippen molar-refractivity contribution in [1.29, 1.82) is 0 Å². The van der Waals surface area contributed by atoms with Crippen LogP contribution in [0.3, 0.4) is 0 Å². The third-order valence-corrected chi connectivity index (χ3v) is 5.57. The number of morpholine rings is 1. The number of benzene rings is 1.